The van der Waals surface area contributed by atoms with Crippen molar-refractivity contribution in [1.82, 2.24) is 4.98 Å². The van der Waals surface area contributed by atoms with Crippen molar-refractivity contribution in [1.29, 1.82) is 0 Å². The van der Waals surface area contributed by atoms with Gasteiger partial charge in [0.2, 0.25) is 5.88 Å². The normalized spacial score (nSPS) is 15.7. The second-order valence-corrected chi connectivity index (χ2v) is 5.14. The topological polar surface area (TPSA) is 60.2 Å². The largest absolute Gasteiger partial charge is 0.476 e. The number of ether oxygens (including phenoxy) is 1. The van der Waals surface area contributed by atoms with Crippen molar-refractivity contribution in [3.63, 3.8) is 0 Å². The molecule has 0 aromatic carbocycles. The number of hydrogen-bond acceptors (Lipinski definition) is 4. The van der Waals surface area contributed by atoms with Gasteiger partial charge in [-0.15, -0.1) is 0 Å². The van der Waals surface area contributed by atoms with Crippen LogP contribution in [0.2, 0.25) is 0 Å². The second-order valence-electron chi connectivity index (χ2n) is 5.14. The molecule has 94 valence electrons. The standard InChI is InChI=1S/C13H21N3O/c1-4-17-12-10(14)7-8-11(15-12)16-13(2,3)9-5-6-9/h7-9H,4-6,14H2,1-3H3,(H,15,16). The highest BCUT2D eigenvalue weighted by Gasteiger charge is 2.37. The molecule has 0 bridgehead atoms. The highest BCUT2D eigenvalue weighted by molar-refractivity contribution is 5.54. The number of aromatic nitrogens is 1. The molecule has 1 heterocycles. The molecule has 0 saturated heterocycles. The monoisotopic (exact) mass is 235 g/mol. The van der Waals surface area contributed by atoms with Gasteiger partial charge in [-0.05, 0) is 51.7 Å². The fourth-order valence-electron chi connectivity index (χ4n) is 2.01. The third kappa shape index (κ3) is 2.81. The van der Waals surface area contributed by atoms with Crippen LogP contribution in [0, 0.1) is 5.92 Å². The maximum atomic E-state index is 5.80. The number of pyridine rings is 1. The van der Waals surface area contributed by atoms with E-state index >= 15 is 0 Å². The fraction of sp³-hybridized carbons (Fsp3) is 0.615. The number of nitrogen functional groups attached to an aromatic ring is 1. The van der Waals surface area contributed by atoms with Gasteiger partial charge < -0.3 is 15.8 Å². The zero-order valence-electron chi connectivity index (χ0n) is 10.8. The van der Waals surface area contributed by atoms with Crippen LogP contribution in [-0.4, -0.2) is 17.1 Å². The number of nitrogens with two attached hydrogens (primary N) is 1. The summed E-state index contributed by atoms with van der Waals surface area (Å²) < 4.78 is 5.39. The van der Waals surface area contributed by atoms with Crippen molar-refractivity contribution in [2.75, 3.05) is 17.7 Å². The first-order chi connectivity index (χ1) is 8.03. The Bertz CT molecular complexity index is 400. The Kier molecular flexibility index (Phi) is 3.13. The molecule has 1 fully saturated rings. The van der Waals surface area contributed by atoms with Gasteiger partial charge in [0.05, 0.1) is 12.3 Å². The number of hydrogen-bond donors (Lipinski definition) is 2. The quantitative estimate of drug-likeness (QED) is 0.823. The van der Waals surface area contributed by atoms with Crippen molar-refractivity contribution in [2.45, 2.75) is 39.2 Å². The summed E-state index contributed by atoms with van der Waals surface area (Å²) in [5.41, 5.74) is 6.47. The Morgan fingerprint density at radius 2 is 2.18 bits per heavy atom. The third-order valence-corrected chi connectivity index (χ3v) is 3.22. The molecule has 0 spiro atoms. The summed E-state index contributed by atoms with van der Waals surface area (Å²) in [6.07, 6.45) is 2.60. The number of nitrogens with one attached hydrogen (secondary N) is 1. The van der Waals surface area contributed by atoms with E-state index in [1.807, 2.05) is 19.1 Å². The van der Waals surface area contributed by atoms with Crippen molar-refractivity contribution >= 4 is 11.5 Å². The molecule has 4 nitrogen and oxygen atoms in total. The summed E-state index contributed by atoms with van der Waals surface area (Å²) in [6, 6.07) is 3.74. The molecule has 0 unspecified atom stereocenters. The van der Waals surface area contributed by atoms with E-state index in [1.165, 1.54) is 12.8 Å². The zero-order valence-corrected chi connectivity index (χ0v) is 10.8. The van der Waals surface area contributed by atoms with Crippen LogP contribution >= 0.6 is 0 Å². The first-order valence-corrected chi connectivity index (χ1v) is 6.20. The van der Waals surface area contributed by atoms with Gasteiger partial charge in [0.15, 0.2) is 0 Å². The van der Waals surface area contributed by atoms with Gasteiger partial charge >= 0.3 is 0 Å². The Hall–Kier alpha value is -1.45. The molecule has 0 atom stereocenters. The molecule has 0 aliphatic heterocycles. The summed E-state index contributed by atoms with van der Waals surface area (Å²) in [6.45, 7) is 6.92. The minimum absolute atomic E-state index is 0.0899. The molecule has 2 rings (SSSR count). The maximum Gasteiger partial charge on any atom is 0.239 e. The van der Waals surface area contributed by atoms with Crippen molar-refractivity contribution in [2.24, 2.45) is 5.92 Å². The maximum absolute atomic E-state index is 5.80. The Labute approximate surface area is 103 Å². The summed E-state index contributed by atoms with van der Waals surface area (Å²) in [5.74, 6) is 2.10. The molecular weight excluding hydrogens is 214 g/mol. The lowest BCUT2D eigenvalue weighted by Gasteiger charge is -2.27. The lowest BCUT2D eigenvalue weighted by molar-refractivity contribution is 0.329. The molecule has 1 saturated carbocycles. The van der Waals surface area contributed by atoms with Crippen LogP contribution < -0.4 is 15.8 Å². The van der Waals surface area contributed by atoms with Crippen LogP contribution in [0.3, 0.4) is 0 Å². The van der Waals surface area contributed by atoms with Crippen LogP contribution in [0.4, 0.5) is 11.5 Å². The molecule has 17 heavy (non-hydrogen) atoms. The molecular formula is C13H21N3O. The van der Waals surface area contributed by atoms with Gasteiger partial charge in [0.1, 0.15) is 5.82 Å². The molecule has 1 aromatic rings. The van der Waals surface area contributed by atoms with Gasteiger partial charge in [-0.3, -0.25) is 0 Å². The number of nitrogens with zero attached hydrogens (tertiary/aromatic N) is 1. The van der Waals surface area contributed by atoms with Gasteiger partial charge in [-0.2, -0.15) is 4.98 Å². The van der Waals surface area contributed by atoms with E-state index in [4.69, 9.17) is 10.5 Å². The van der Waals surface area contributed by atoms with Crippen LogP contribution in [0.25, 0.3) is 0 Å². The molecule has 0 radical (unpaired) electrons. The average Bonchev–Trinajstić information content (AvgIpc) is 3.06. The summed E-state index contributed by atoms with van der Waals surface area (Å²) in [7, 11) is 0. The second kappa shape index (κ2) is 4.43. The Morgan fingerprint density at radius 3 is 2.76 bits per heavy atom. The molecule has 0 amide bonds. The van der Waals surface area contributed by atoms with Gasteiger partial charge in [-0.25, -0.2) is 0 Å². The van der Waals surface area contributed by atoms with E-state index in [9.17, 15) is 0 Å². The average molecular weight is 235 g/mol. The highest BCUT2D eigenvalue weighted by Crippen LogP contribution is 2.41. The Morgan fingerprint density at radius 1 is 1.47 bits per heavy atom. The molecule has 1 aliphatic carbocycles. The molecule has 4 heteroatoms. The third-order valence-electron chi connectivity index (χ3n) is 3.22. The number of rotatable bonds is 5. The lowest BCUT2D eigenvalue weighted by Crippen LogP contribution is -2.33. The van der Waals surface area contributed by atoms with Crippen LogP contribution in [0.15, 0.2) is 12.1 Å². The van der Waals surface area contributed by atoms with E-state index in [0.29, 0.717) is 18.2 Å². The predicted molar refractivity (Wildman–Crippen MR) is 70.2 cm³/mol. The Balaban J connectivity index is 2.12. The van der Waals surface area contributed by atoms with E-state index in [1.54, 1.807) is 0 Å². The molecule has 1 aromatic heterocycles. The molecule has 3 N–H and O–H groups in total. The summed E-state index contributed by atoms with van der Waals surface area (Å²) >= 11 is 0. The van der Waals surface area contributed by atoms with Crippen LogP contribution in [0.1, 0.15) is 33.6 Å². The smallest absolute Gasteiger partial charge is 0.239 e. The van der Waals surface area contributed by atoms with E-state index in [2.05, 4.69) is 24.1 Å². The fourth-order valence-corrected chi connectivity index (χ4v) is 2.01. The van der Waals surface area contributed by atoms with Crippen LogP contribution in [0.5, 0.6) is 5.88 Å². The van der Waals surface area contributed by atoms with E-state index in [0.717, 1.165) is 11.7 Å². The SMILES string of the molecule is CCOc1nc(NC(C)(C)C2CC2)ccc1N. The molecule has 1 aliphatic rings. The van der Waals surface area contributed by atoms with Gasteiger partial charge in [-0.1, -0.05) is 0 Å². The van der Waals surface area contributed by atoms with E-state index in [-0.39, 0.29) is 5.54 Å². The summed E-state index contributed by atoms with van der Waals surface area (Å²) in [5, 5.41) is 3.46. The van der Waals surface area contributed by atoms with Crippen molar-refractivity contribution < 1.29 is 4.74 Å². The van der Waals surface area contributed by atoms with Crippen molar-refractivity contribution in [3.8, 4) is 5.88 Å². The number of anilines is 2. The first-order valence-electron chi connectivity index (χ1n) is 6.20. The predicted octanol–water partition coefficient (Wildman–Crippen LogP) is 2.66. The van der Waals surface area contributed by atoms with Gasteiger partial charge in [0, 0.05) is 5.54 Å². The highest BCUT2D eigenvalue weighted by atomic mass is 16.5. The zero-order chi connectivity index (χ0) is 12.5. The van der Waals surface area contributed by atoms with Crippen LogP contribution in [-0.2, 0) is 0 Å². The minimum Gasteiger partial charge on any atom is -0.476 e. The minimum atomic E-state index is 0.0899. The first kappa shape index (κ1) is 12.0. The lowest BCUT2D eigenvalue weighted by atomic mass is 9.99. The van der Waals surface area contributed by atoms with E-state index < -0.39 is 0 Å². The van der Waals surface area contributed by atoms with Gasteiger partial charge in [0.25, 0.3) is 0 Å². The summed E-state index contributed by atoms with van der Waals surface area (Å²) in [4.78, 5) is 4.40. The van der Waals surface area contributed by atoms with Crippen molar-refractivity contribution in [3.05, 3.63) is 12.1 Å².